The molecule has 2 aliphatic carbocycles. The van der Waals surface area contributed by atoms with Crippen LogP contribution in [0, 0.1) is 11.3 Å². The van der Waals surface area contributed by atoms with Gasteiger partial charge in [-0.2, -0.15) is 0 Å². The van der Waals surface area contributed by atoms with Crippen molar-refractivity contribution in [3.63, 3.8) is 0 Å². The molecule has 0 bridgehead atoms. The van der Waals surface area contributed by atoms with Crippen molar-refractivity contribution in [1.29, 1.82) is 0 Å². The minimum Gasteiger partial charge on any atom is -0.446 e. The van der Waals surface area contributed by atoms with E-state index in [1.165, 1.54) is 19.3 Å². The van der Waals surface area contributed by atoms with Crippen LogP contribution in [0.3, 0.4) is 0 Å². The fourth-order valence-electron chi connectivity index (χ4n) is 2.13. The van der Waals surface area contributed by atoms with Crippen molar-refractivity contribution in [2.45, 2.75) is 71.4 Å². The Bertz CT molecular complexity index is 274. The zero-order valence-corrected chi connectivity index (χ0v) is 11.3. The maximum absolute atomic E-state index is 11.8. The van der Waals surface area contributed by atoms with Crippen molar-refractivity contribution in [2.75, 3.05) is 0 Å². The predicted octanol–water partition coefficient (Wildman–Crippen LogP) is 3.48. The van der Waals surface area contributed by atoms with Crippen LogP contribution in [0.15, 0.2) is 0 Å². The van der Waals surface area contributed by atoms with Crippen molar-refractivity contribution in [3.8, 4) is 0 Å². The van der Waals surface area contributed by atoms with Crippen molar-refractivity contribution >= 4 is 6.09 Å². The zero-order chi connectivity index (χ0) is 12.5. The number of carbonyl (C=O) groups is 1. The van der Waals surface area contributed by atoms with Crippen LogP contribution in [0.5, 0.6) is 0 Å². The van der Waals surface area contributed by atoms with Crippen LogP contribution in [-0.2, 0) is 4.74 Å². The highest BCUT2D eigenvalue weighted by Crippen LogP contribution is 2.37. The first-order valence-corrected chi connectivity index (χ1v) is 6.92. The van der Waals surface area contributed by atoms with E-state index in [0.717, 1.165) is 25.2 Å². The van der Waals surface area contributed by atoms with E-state index >= 15 is 0 Å². The van der Waals surface area contributed by atoms with E-state index in [-0.39, 0.29) is 23.7 Å². The molecule has 17 heavy (non-hydrogen) atoms. The molecule has 0 radical (unpaired) electrons. The first kappa shape index (κ1) is 12.7. The van der Waals surface area contributed by atoms with Crippen LogP contribution in [0.2, 0.25) is 0 Å². The second kappa shape index (κ2) is 4.87. The van der Waals surface area contributed by atoms with Crippen LogP contribution in [0.25, 0.3) is 0 Å². The van der Waals surface area contributed by atoms with Gasteiger partial charge in [0.1, 0.15) is 6.10 Å². The number of ether oxygens (including phenoxy) is 1. The summed E-state index contributed by atoms with van der Waals surface area (Å²) in [5.41, 5.74) is 0.112. The molecule has 0 aromatic heterocycles. The van der Waals surface area contributed by atoms with Gasteiger partial charge in [0, 0.05) is 6.04 Å². The highest BCUT2D eigenvalue weighted by molar-refractivity contribution is 5.68. The van der Waals surface area contributed by atoms with Crippen LogP contribution in [0.1, 0.15) is 59.3 Å². The van der Waals surface area contributed by atoms with Crippen LogP contribution in [-0.4, -0.2) is 18.2 Å². The molecule has 2 fully saturated rings. The van der Waals surface area contributed by atoms with E-state index in [0.29, 0.717) is 0 Å². The summed E-state index contributed by atoms with van der Waals surface area (Å²) in [4.78, 5) is 11.8. The van der Waals surface area contributed by atoms with Crippen molar-refractivity contribution < 1.29 is 9.53 Å². The molecule has 98 valence electrons. The van der Waals surface area contributed by atoms with Gasteiger partial charge in [0.05, 0.1) is 0 Å². The Morgan fingerprint density at radius 2 is 1.94 bits per heavy atom. The molecule has 1 amide bonds. The molecule has 1 unspecified atom stereocenters. The van der Waals surface area contributed by atoms with Gasteiger partial charge in [-0.1, -0.05) is 33.6 Å². The Morgan fingerprint density at radius 1 is 1.29 bits per heavy atom. The van der Waals surface area contributed by atoms with Gasteiger partial charge in [-0.25, -0.2) is 4.79 Å². The SMILES string of the molecule is CC(C)(C)C(CC1CC1)NC(=O)OC1CCC1. The fourth-order valence-corrected chi connectivity index (χ4v) is 2.13. The lowest BCUT2D eigenvalue weighted by molar-refractivity contribution is 0.0460. The number of hydrogen-bond donors (Lipinski definition) is 1. The summed E-state index contributed by atoms with van der Waals surface area (Å²) < 4.78 is 5.36. The lowest BCUT2D eigenvalue weighted by Crippen LogP contribution is -2.45. The summed E-state index contributed by atoms with van der Waals surface area (Å²) in [6.07, 6.45) is 6.99. The van der Waals surface area contributed by atoms with E-state index in [9.17, 15) is 4.79 Å². The highest BCUT2D eigenvalue weighted by atomic mass is 16.6. The molecule has 3 heteroatoms. The summed E-state index contributed by atoms with van der Waals surface area (Å²) in [5.74, 6) is 0.822. The Labute approximate surface area is 104 Å². The van der Waals surface area contributed by atoms with Gasteiger partial charge in [-0.05, 0) is 37.0 Å². The maximum atomic E-state index is 11.8. The summed E-state index contributed by atoms with van der Waals surface area (Å²) >= 11 is 0. The smallest absolute Gasteiger partial charge is 0.407 e. The minimum absolute atomic E-state index is 0.112. The van der Waals surface area contributed by atoms with Gasteiger partial charge in [-0.15, -0.1) is 0 Å². The van der Waals surface area contributed by atoms with Crippen molar-refractivity contribution in [2.24, 2.45) is 11.3 Å². The van der Waals surface area contributed by atoms with E-state index in [1.54, 1.807) is 0 Å². The normalized spacial score (nSPS) is 22.8. The number of nitrogens with one attached hydrogen (secondary N) is 1. The molecule has 2 aliphatic rings. The molecule has 1 N–H and O–H groups in total. The maximum Gasteiger partial charge on any atom is 0.407 e. The predicted molar refractivity (Wildman–Crippen MR) is 67.8 cm³/mol. The third-order valence-electron chi connectivity index (χ3n) is 3.93. The molecular formula is C14H25NO2. The quantitative estimate of drug-likeness (QED) is 0.815. The Balaban J connectivity index is 1.80. The third-order valence-corrected chi connectivity index (χ3v) is 3.93. The molecule has 2 saturated carbocycles. The number of carbonyl (C=O) groups excluding carboxylic acids is 1. The minimum atomic E-state index is -0.213. The van der Waals surface area contributed by atoms with E-state index in [1.807, 2.05) is 0 Å². The van der Waals surface area contributed by atoms with Crippen LogP contribution in [0.4, 0.5) is 4.79 Å². The summed E-state index contributed by atoms with van der Waals surface area (Å²) in [5, 5.41) is 3.07. The number of alkyl carbamates (subject to hydrolysis) is 1. The molecule has 0 heterocycles. The number of rotatable bonds is 4. The molecular weight excluding hydrogens is 214 g/mol. The molecule has 1 atom stereocenters. The Morgan fingerprint density at radius 3 is 2.35 bits per heavy atom. The summed E-state index contributed by atoms with van der Waals surface area (Å²) in [6.45, 7) is 6.55. The topological polar surface area (TPSA) is 38.3 Å². The monoisotopic (exact) mass is 239 g/mol. The third kappa shape index (κ3) is 3.90. The zero-order valence-electron chi connectivity index (χ0n) is 11.3. The summed E-state index contributed by atoms with van der Waals surface area (Å²) in [6, 6.07) is 0.238. The fraction of sp³-hybridized carbons (Fsp3) is 0.929. The van der Waals surface area contributed by atoms with Gasteiger partial charge in [0.15, 0.2) is 0 Å². The molecule has 3 nitrogen and oxygen atoms in total. The molecule has 0 aromatic carbocycles. The molecule has 0 aliphatic heterocycles. The first-order chi connectivity index (χ1) is 7.95. The van der Waals surface area contributed by atoms with Gasteiger partial charge >= 0.3 is 6.09 Å². The molecule has 0 aromatic rings. The van der Waals surface area contributed by atoms with E-state index in [4.69, 9.17) is 4.74 Å². The van der Waals surface area contributed by atoms with E-state index < -0.39 is 0 Å². The average Bonchev–Trinajstić information content (AvgIpc) is 2.92. The van der Waals surface area contributed by atoms with E-state index in [2.05, 4.69) is 26.1 Å². The molecule has 2 rings (SSSR count). The average molecular weight is 239 g/mol. The first-order valence-electron chi connectivity index (χ1n) is 6.92. The van der Waals surface area contributed by atoms with Gasteiger partial charge < -0.3 is 10.1 Å². The molecule has 0 saturated heterocycles. The van der Waals surface area contributed by atoms with Crippen LogP contribution < -0.4 is 5.32 Å². The molecule has 0 spiro atoms. The second-order valence-corrected chi connectivity index (χ2v) is 6.70. The standard InChI is InChI=1S/C14H25NO2/c1-14(2,3)12(9-10-7-8-10)15-13(16)17-11-5-4-6-11/h10-12H,4-9H2,1-3H3,(H,15,16). The van der Waals surface area contributed by atoms with Gasteiger partial charge in [-0.3, -0.25) is 0 Å². The number of hydrogen-bond acceptors (Lipinski definition) is 2. The highest BCUT2D eigenvalue weighted by Gasteiger charge is 2.34. The van der Waals surface area contributed by atoms with Crippen molar-refractivity contribution in [1.82, 2.24) is 5.32 Å². The lowest BCUT2D eigenvalue weighted by Gasteiger charge is -2.33. The second-order valence-electron chi connectivity index (χ2n) is 6.70. The number of amides is 1. The largest absolute Gasteiger partial charge is 0.446 e. The lowest BCUT2D eigenvalue weighted by atomic mass is 9.83. The van der Waals surface area contributed by atoms with Gasteiger partial charge in [0.2, 0.25) is 0 Å². The Hall–Kier alpha value is -0.730. The van der Waals surface area contributed by atoms with Gasteiger partial charge in [0.25, 0.3) is 0 Å². The van der Waals surface area contributed by atoms with Crippen molar-refractivity contribution in [3.05, 3.63) is 0 Å². The Kier molecular flexibility index (Phi) is 3.64. The van der Waals surface area contributed by atoms with Crippen LogP contribution >= 0.6 is 0 Å². The summed E-state index contributed by atoms with van der Waals surface area (Å²) in [7, 11) is 0.